The first-order chi connectivity index (χ1) is 11.1. The fraction of sp³-hybridized carbons (Fsp3) is 0.700. The highest BCUT2D eigenvalue weighted by Gasteiger charge is 2.21. The summed E-state index contributed by atoms with van der Waals surface area (Å²) in [5.74, 6) is -0.239. The Morgan fingerprint density at radius 1 is 1.09 bits per heavy atom. The maximum absolute atomic E-state index is 11.9. The Labute approximate surface area is 140 Å². The van der Waals surface area contributed by atoms with Gasteiger partial charge in [-0.25, -0.2) is 0 Å². The van der Waals surface area contributed by atoms with E-state index in [0.717, 1.165) is 37.7 Å². The van der Waals surface area contributed by atoms with Crippen molar-refractivity contribution in [3.8, 4) is 0 Å². The zero-order chi connectivity index (χ0) is 16.9. The number of aliphatic carboxylic acids is 1. The van der Waals surface area contributed by atoms with Crippen LogP contribution < -0.4 is 0 Å². The van der Waals surface area contributed by atoms with Crippen LogP contribution in [0.5, 0.6) is 0 Å². The van der Waals surface area contributed by atoms with Crippen LogP contribution >= 0.6 is 0 Å². The van der Waals surface area contributed by atoms with Crippen molar-refractivity contribution in [3.05, 3.63) is 23.8 Å². The number of rotatable bonds is 13. The van der Waals surface area contributed by atoms with Gasteiger partial charge in [0.2, 0.25) is 0 Å². The molecule has 0 unspecified atom stereocenters. The molecule has 3 heteroatoms. The van der Waals surface area contributed by atoms with Crippen LogP contribution in [0.4, 0.5) is 0 Å². The van der Waals surface area contributed by atoms with Crippen LogP contribution in [0.25, 0.3) is 0 Å². The number of ketones is 1. The molecule has 0 amide bonds. The molecule has 0 saturated carbocycles. The van der Waals surface area contributed by atoms with Gasteiger partial charge in [0.15, 0.2) is 5.78 Å². The number of allylic oxidation sites excluding steroid dienone is 4. The molecule has 0 radical (unpaired) electrons. The summed E-state index contributed by atoms with van der Waals surface area (Å²) in [7, 11) is 0. The summed E-state index contributed by atoms with van der Waals surface area (Å²) in [4.78, 5) is 22.4. The van der Waals surface area contributed by atoms with Gasteiger partial charge in [-0.2, -0.15) is 0 Å². The van der Waals surface area contributed by atoms with Gasteiger partial charge >= 0.3 is 5.97 Å². The smallest absolute Gasteiger partial charge is 0.303 e. The number of carbonyl (C=O) groups is 2. The third-order valence-corrected chi connectivity index (χ3v) is 4.49. The predicted molar refractivity (Wildman–Crippen MR) is 94.4 cm³/mol. The molecule has 0 spiro atoms. The topological polar surface area (TPSA) is 54.4 Å². The van der Waals surface area contributed by atoms with Crippen LogP contribution in [0.2, 0.25) is 0 Å². The fourth-order valence-corrected chi connectivity index (χ4v) is 3.09. The van der Waals surface area contributed by atoms with Crippen molar-refractivity contribution in [2.24, 2.45) is 5.92 Å². The molecule has 1 N–H and O–H groups in total. The van der Waals surface area contributed by atoms with Gasteiger partial charge in [-0.3, -0.25) is 9.59 Å². The number of carboxylic acid groups (broad SMARTS) is 1. The molecule has 23 heavy (non-hydrogen) atoms. The van der Waals surface area contributed by atoms with Crippen LogP contribution in [0.15, 0.2) is 23.8 Å². The van der Waals surface area contributed by atoms with E-state index in [9.17, 15) is 9.59 Å². The molecule has 130 valence electrons. The van der Waals surface area contributed by atoms with Crippen molar-refractivity contribution in [1.82, 2.24) is 0 Å². The first-order valence-electron chi connectivity index (χ1n) is 9.29. The van der Waals surface area contributed by atoms with Gasteiger partial charge in [-0.15, -0.1) is 0 Å². The quantitative estimate of drug-likeness (QED) is 0.362. The second-order valence-electron chi connectivity index (χ2n) is 6.54. The molecule has 1 aliphatic carbocycles. The minimum Gasteiger partial charge on any atom is -0.481 e. The molecule has 0 aromatic carbocycles. The van der Waals surface area contributed by atoms with Crippen molar-refractivity contribution >= 4 is 11.8 Å². The number of unbranched alkanes of at least 4 members (excludes halogenated alkanes) is 8. The maximum Gasteiger partial charge on any atom is 0.303 e. The second kappa shape index (κ2) is 12.1. The highest BCUT2D eigenvalue weighted by atomic mass is 16.4. The van der Waals surface area contributed by atoms with E-state index in [-0.39, 0.29) is 12.2 Å². The number of carboxylic acids is 1. The van der Waals surface area contributed by atoms with E-state index in [1.807, 2.05) is 0 Å². The Morgan fingerprint density at radius 3 is 2.52 bits per heavy atom. The van der Waals surface area contributed by atoms with Crippen LogP contribution in [0, 0.1) is 5.92 Å². The van der Waals surface area contributed by atoms with Crippen LogP contribution in [0.1, 0.15) is 84.0 Å². The lowest BCUT2D eigenvalue weighted by Crippen LogP contribution is -2.03. The Hall–Kier alpha value is -1.38. The molecule has 0 aliphatic heterocycles. The fourth-order valence-electron chi connectivity index (χ4n) is 3.09. The van der Waals surface area contributed by atoms with E-state index in [0.29, 0.717) is 5.92 Å². The number of hydrogen-bond donors (Lipinski definition) is 1. The normalized spacial score (nSPS) is 18.9. The van der Waals surface area contributed by atoms with Crippen molar-refractivity contribution in [2.75, 3.05) is 0 Å². The van der Waals surface area contributed by atoms with E-state index in [1.165, 1.54) is 38.5 Å². The molecule has 3 nitrogen and oxygen atoms in total. The van der Waals surface area contributed by atoms with E-state index in [1.54, 1.807) is 6.08 Å². The van der Waals surface area contributed by atoms with Crippen molar-refractivity contribution in [2.45, 2.75) is 84.0 Å². The molecule has 0 bridgehead atoms. The molecular formula is C20H32O3. The average molecular weight is 320 g/mol. The van der Waals surface area contributed by atoms with Crippen molar-refractivity contribution in [3.63, 3.8) is 0 Å². The molecule has 1 rings (SSSR count). The minimum absolute atomic E-state index is 0.173. The zero-order valence-corrected chi connectivity index (χ0v) is 14.6. The molecular weight excluding hydrogens is 288 g/mol. The van der Waals surface area contributed by atoms with Gasteiger partial charge in [0.05, 0.1) is 0 Å². The van der Waals surface area contributed by atoms with Crippen LogP contribution in [-0.4, -0.2) is 16.9 Å². The lowest BCUT2D eigenvalue weighted by molar-refractivity contribution is -0.137. The first-order valence-corrected chi connectivity index (χ1v) is 9.29. The van der Waals surface area contributed by atoms with Gasteiger partial charge in [0.25, 0.3) is 0 Å². The maximum atomic E-state index is 11.9. The van der Waals surface area contributed by atoms with Gasteiger partial charge in [0, 0.05) is 17.9 Å². The molecule has 0 saturated heterocycles. The second-order valence-corrected chi connectivity index (χ2v) is 6.54. The summed E-state index contributed by atoms with van der Waals surface area (Å²) >= 11 is 0. The van der Waals surface area contributed by atoms with Gasteiger partial charge < -0.3 is 5.11 Å². The van der Waals surface area contributed by atoms with Crippen LogP contribution in [0.3, 0.4) is 0 Å². The van der Waals surface area contributed by atoms with Crippen molar-refractivity contribution in [1.29, 1.82) is 0 Å². The third-order valence-electron chi connectivity index (χ3n) is 4.49. The Bertz CT molecular complexity index is 421. The standard InChI is InChI=1S/C20H32O3/c1-2-3-4-5-6-9-12-17-15-16-19(21)18(17)13-10-7-8-11-14-20(22)23/h13,15-17H,2-12,14H2,1H3,(H,22,23)/b18-13-/t17-/m0/s1. The van der Waals surface area contributed by atoms with Crippen molar-refractivity contribution < 1.29 is 14.7 Å². The highest BCUT2D eigenvalue weighted by molar-refractivity contribution is 6.07. The average Bonchev–Trinajstić information content (AvgIpc) is 2.86. The SMILES string of the molecule is CCCCCCCC[C@H]1C=CC(=O)/C1=C\CCCCCC(=O)O. The Morgan fingerprint density at radius 2 is 1.78 bits per heavy atom. The summed E-state index contributed by atoms with van der Waals surface area (Å²) in [6.45, 7) is 2.23. The Kier molecular flexibility index (Phi) is 10.3. The van der Waals surface area contributed by atoms with Gasteiger partial charge in [0.1, 0.15) is 0 Å². The summed E-state index contributed by atoms with van der Waals surface area (Å²) in [6.07, 6.45) is 18.4. The van der Waals surface area contributed by atoms with Gasteiger partial charge in [-0.1, -0.05) is 64.0 Å². The molecule has 1 atom stereocenters. The monoisotopic (exact) mass is 320 g/mol. The first kappa shape index (κ1) is 19.7. The summed E-state index contributed by atoms with van der Waals surface area (Å²) < 4.78 is 0. The molecule has 0 aromatic heterocycles. The van der Waals surface area contributed by atoms with Gasteiger partial charge in [-0.05, 0) is 31.8 Å². The summed E-state index contributed by atoms with van der Waals surface area (Å²) in [6, 6.07) is 0. The number of carbonyl (C=O) groups excluding carboxylic acids is 1. The lowest BCUT2D eigenvalue weighted by atomic mass is 9.94. The number of hydrogen-bond acceptors (Lipinski definition) is 2. The van der Waals surface area contributed by atoms with E-state index >= 15 is 0 Å². The van der Waals surface area contributed by atoms with E-state index in [4.69, 9.17) is 5.11 Å². The molecule has 1 aliphatic rings. The van der Waals surface area contributed by atoms with E-state index < -0.39 is 5.97 Å². The molecule has 0 heterocycles. The van der Waals surface area contributed by atoms with Crippen LogP contribution in [-0.2, 0) is 9.59 Å². The minimum atomic E-state index is -0.725. The molecule has 0 aromatic rings. The third kappa shape index (κ3) is 8.73. The Balaban J connectivity index is 2.22. The summed E-state index contributed by atoms with van der Waals surface area (Å²) in [5, 5.41) is 8.60. The predicted octanol–water partition coefficient (Wildman–Crippen LogP) is 5.45. The molecule has 0 fully saturated rings. The zero-order valence-electron chi connectivity index (χ0n) is 14.6. The highest BCUT2D eigenvalue weighted by Crippen LogP contribution is 2.27. The van der Waals surface area contributed by atoms with E-state index in [2.05, 4.69) is 19.1 Å². The lowest BCUT2D eigenvalue weighted by Gasteiger charge is -2.10. The summed E-state index contributed by atoms with van der Waals surface area (Å²) in [5.41, 5.74) is 0.969. The largest absolute Gasteiger partial charge is 0.481 e.